The zero-order chi connectivity index (χ0) is 12.1. The summed E-state index contributed by atoms with van der Waals surface area (Å²) in [5, 5.41) is 11.5. The Morgan fingerprint density at radius 3 is 2.76 bits per heavy atom. The number of rotatable bonds is 4. The number of hydrogen-bond acceptors (Lipinski definition) is 4. The minimum absolute atomic E-state index is 0.369. The third-order valence-corrected chi connectivity index (χ3v) is 3.16. The molecule has 0 amide bonds. The first kappa shape index (κ1) is 11.6. The van der Waals surface area contributed by atoms with Gasteiger partial charge >= 0.3 is 0 Å². The van der Waals surface area contributed by atoms with Gasteiger partial charge in [0.1, 0.15) is 10.8 Å². The largest absolute Gasteiger partial charge is 0.494 e. The summed E-state index contributed by atoms with van der Waals surface area (Å²) in [5.74, 6) is 0.866. The Bertz CT molecular complexity index is 525. The molecule has 0 bridgehead atoms. The highest BCUT2D eigenvalue weighted by Crippen LogP contribution is 2.25. The van der Waals surface area contributed by atoms with E-state index >= 15 is 0 Å². The number of nitrogens with zero attached hydrogens (tertiary/aromatic N) is 2. The second-order valence-electron chi connectivity index (χ2n) is 3.44. The predicted octanol–water partition coefficient (Wildman–Crippen LogP) is 3.27. The third kappa shape index (κ3) is 2.83. The zero-order valence-electron chi connectivity index (χ0n) is 9.51. The number of ether oxygens (including phenoxy) is 1. The van der Waals surface area contributed by atoms with Crippen LogP contribution in [0.2, 0.25) is 0 Å². The van der Waals surface area contributed by atoms with E-state index in [0.29, 0.717) is 13.0 Å². The van der Waals surface area contributed by atoms with Gasteiger partial charge in [-0.25, -0.2) is 4.98 Å². The van der Waals surface area contributed by atoms with Crippen LogP contribution in [0.25, 0.3) is 10.6 Å². The van der Waals surface area contributed by atoms with Gasteiger partial charge in [0.2, 0.25) is 0 Å². The summed E-state index contributed by atoms with van der Waals surface area (Å²) in [6, 6.07) is 9.94. The van der Waals surface area contributed by atoms with Crippen molar-refractivity contribution in [3.05, 3.63) is 35.3 Å². The van der Waals surface area contributed by atoms with Crippen molar-refractivity contribution in [2.45, 2.75) is 13.3 Å². The van der Waals surface area contributed by atoms with Crippen molar-refractivity contribution in [1.82, 2.24) is 4.98 Å². The Morgan fingerprint density at radius 2 is 2.12 bits per heavy atom. The van der Waals surface area contributed by atoms with Crippen LogP contribution < -0.4 is 4.74 Å². The average molecular weight is 244 g/mol. The first-order valence-electron chi connectivity index (χ1n) is 5.38. The molecular formula is C13H12N2OS. The fraction of sp³-hybridized carbons (Fsp3) is 0.231. The van der Waals surface area contributed by atoms with Crippen LogP contribution >= 0.6 is 11.3 Å². The minimum Gasteiger partial charge on any atom is -0.494 e. The molecule has 2 aromatic rings. The van der Waals surface area contributed by atoms with Gasteiger partial charge in [-0.3, -0.25) is 0 Å². The second-order valence-corrected chi connectivity index (χ2v) is 4.29. The number of thiazole rings is 1. The van der Waals surface area contributed by atoms with Gasteiger partial charge in [0.05, 0.1) is 24.8 Å². The molecule has 2 rings (SSSR count). The summed E-state index contributed by atoms with van der Waals surface area (Å²) < 4.78 is 5.38. The lowest BCUT2D eigenvalue weighted by atomic mass is 10.2. The van der Waals surface area contributed by atoms with Crippen molar-refractivity contribution in [3.8, 4) is 22.4 Å². The SMILES string of the molecule is CCOc1ccc(-c2nc(CC#N)cs2)cc1. The fourth-order valence-corrected chi connectivity index (χ4v) is 2.29. The second kappa shape index (κ2) is 5.46. The van der Waals surface area contributed by atoms with Gasteiger partial charge in [-0.1, -0.05) is 0 Å². The Morgan fingerprint density at radius 1 is 1.35 bits per heavy atom. The van der Waals surface area contributed by atoms with E-state index in [-0.39, 0.29) is 0 Å². The Labute approximate surface area is 104 Å². The summed E-state index contributed by atoms with van der Waals surface area (Å²) in [6.45, 7) is 2.63. The highest BCUT2D eigenvalue weighted by atomic mass is 32.1. The van der Waals surface area contributed by atoms with Crippen LogP contribution in [0.15, 0.2) is 29.6 Å². The summed E-state index contributed by atoms with van der Waals surface area (Å²) in [5.41, 5.74) is 1.89. The molecule has 4 heteroatoms. The first-order valence-corrected chi connectivity index (χ1v) is 6.26. The minimum atomic E-state index is 0.369. The average Bonchev–Trinajstić information content (AvgIpc) is 2.80. The maximum Gasteiger partial charge on any atom is 0.123 e. The summed E-state index contributed by atoms with van der Waals surface area (Å²) >= 11 is 1.56. The van der Waals surface area contributed by atoms with Crippen LogP contribution in [0.1, 0.15) is 12.6 Å². The maximum atomic E-state index is 8.59. The summed E-state index contributed by atoms with van der Waals surface area (Å²) in [6.07, 6.45) is 0.369. The van der Waals surface area contributed by atoms with Crippen molar-refractivity contribution in [1.29, 1.82) is 5.26 Å². The molecule has 1 heterocycles. The van der Waals surface area contributed by atoms with E-state index in [1.165, 1.54) is 0 Å². The lowest BCUT2D eigenvalue weighted by Gasteiger charge is -2.02. The molecule has 0 radical (unpaired) electrons. The van der Waals surface area contributed by atoms with Gasteiger partial charge in [-0.15, -0.1) is 11.3 Å². The van der Waals surface area contributed by atoms with Gasteiger partial charge in [0.15, 0.2) is 0 Å². The normalized spacial score (nSPS) is 9.88. The Kier molecular flexibility index (Phi) is 3.73. The molecule has 0 saturated carbocycles. The summed E-state index contributed by atoms with van der Waals surface area (Å²) in [7, 11) is 0. The number of nitriles is 1. The van der Waals surface area contributed by atoms with Gasteiger partial charge < -0.3 is 4.74 Å². The molecule has 0 aliphatic carbocycles. The standard InChI is InChI=1S/C13H12N2OS/c1-2-16-12-5-3-10(4-6-12)13-15-11(7-8-14)9-17-13/h3-6,9H,2,7H2,1H3. The molecular weight excluding hydrogens is 232 g/mol. The first-order chi connectivity index (χ1) is 8.33. The molecule has 0 aliphatic rings. The molecule has 1 aromatic heterocycles. The molecule has 0 atom stereocenters. The maximum absolute atomic E-state index is 8.59. The van der Waals surface area contributed by atoms with E-state index in [2.05, 4.69) is 11.1 Å². The van der Waals surface area contributed by atoms with E-state index in [0.717, 1.165) is 22.0 Å². The lowest BCUT2D eigenvalue weighted by molar-refractivity contribution is 0.340. The van der Waals surface area contributed by atoms with Gasteiger partial charge in [0, 0.05) is 10.9 Å². The number of benzene rings is 1. The topological polar surface area (TPSA) is 45.9 Å². The van der Waals surface area contributed by atoms with Crippen LogP contribution in [0, 0.1) is 11.3 Å². The lowest BCUT2D eigenvalue weighted by Crippen LogP contribution is -1.90. The quantitative estimate of drug-likeness (QED) is 0.829. The molecule has 0 N–H and O–H groups in total. The third-order valence-electron chi connectivity index (χ3n) is 2.22. The van der Waals surface area contributed by atoms with E-state index in [1.807, 2.05) is 36.6 Å². The van der Waals surface area contributed by atoms with E-state index in [1.54, 1.807) is 11.3 Å². The Balaban J connectivity index is 2.18. The van der Waals surface area contributed by atoms with Crippen molar-refractivity contribution in [3.63, 3.8) is 0 Å². The predicted molar refractivity (Wildman–Crippen MR) is 68.0 cm³/mol. The highest BCUT2D eigenvalue weighted by Gasteiger charge is 2.04. The highest BCUT2D eigenvalue weighted by molar-refractivity contribution is 7.13. The molecule has 86 valence electrons. The van der Waals surface area contributed by atoms with Crippen LogP contribution in [0.5, 0.6) is 5.75 Å². The molecule has 0 spiro atoms. The smallest absolute Gasteiger partial charge is 0.123 e. The summed E-state index contributed by atoms with van der Waals surface area (Å²) in [4.78, 5) is 4.40. The molecule has 0 aliphatic heterocycles. The van der Waals surface area contributed by atoms with E-state index in [4.69, 9.17) is 10.00 Å². The molecule has 17 heavy (non-hydrogen) atoms. The van der Waals surface area contributed by atoms with Crippen molar-refractivity contribution >= 4 is 11.3 Å². The Hall–Kier alpha value is -1.86. The van der Waals surface area contributed by atoms with Crippen molar-refractivity contribution < 1.29 is 4.74 Å². The molecule has 0 unspecified atom stereocenters. The molecule has 3 nitrogen and oxygen atoms in total. The monoisotopic (exact) mass is 244 g/mol. The molecule has 0 fully saturated rings. The molecule has 0 saturated heterocycles. The van der Waals surface area contributed by atoms with Crippen LogP contribution in [0.3, 0.4) is 0 Å². The van der Waals surface area contributed by atoms with Gasteiger partial charge in [-0.2, -0.15) is 5.26 Å². The van der Waals surface area contributed by atoms with Crippen LogP contribution in [-0.2, 0) is 6.42 Å². The number of hydrogen-bond donors (Lipinski definition) is 0. The van der Waals surface area contributed by atoms with E-state index in [9.17, 15) is 0 Å². The van der Waals surface area contributed by atoms with Crippen molar-refractivity contribution in [2.75, 3.05) is 6.61 Å². The van der Waals surface area contributed by atoms with Crippen LogP contribution in [-0.4, -0.2) is 11.6 Å². The zero-order valence-corrected chi connectivity index (χ0v) is 10.3. The fourth-order valence-electron chi connectivity index (χ4n) is 1.46. The van der Waals surface area contributed by atoms with Crippen molar-refractivity contribution in [2.24, 2.45) is 0 Å². The van der Waals surface area contributed by atoms with Gasteiger partial charge in [0.25, 0.3) is 0 Å². The molecule has 1 aromatic carbocycles. The van der Waals surface area contributed by atoms with Gasteiger partial charge in [-0.05, 0) is 31.2 Å². The van der Waals surface area contributed by atoms with Crippen LogP contribution in [0.4, 0.5) is 0 Å². The number of aromatic nitrogens is 1. The van der Waals surface area contributed by atoms with E-state index < -0.39 is 0 Å².